The van der Waals surface area contributed by atoms with Crippen molar-refractivity contribution in [2.24, 2.45) is 0 Å². The molecule has 0 fully saturated rings. The van der Waals surface area contributed by atoms with E-state index < -0.39 is 0 Å². The van der Waals surface area contributed by atoms with E-state index in [2.05, 4.69) is 10.3 Å². The number of fused-ring (bicyclic) bond motifs is 1. The maximum absolute atomic E-state index is 9.52. The molecule has 0 atom stereocenters. The molecule has 1 aromatic carbocycles. The smallest absolute Gasteiger partial charge is 0.143 e. The minimum atomic E-state index is 0.214. The molecule has 0 amide bonds. The van der Waals surface area contributed by atoms with Crippen LogP contribution in [0.2, 0.25) is 0 Å². The molecule has 5 N–H and O–H groups in total. The highest BCUT2D eigenvalue weighted by Gasteiger charge is 2.08. The first-order valence-corrected chi connectivity index (χ1v) is 4.00. The lowest BCUT2D eigenvalue weighted by Crippen LogP contribution is -1.91. The fourth-order valence-corrected chi connectivity index (χ4v) is 1.46. The average molecular weight is 177 g/mol. The predicted octanol–water partition coefficient (Wildman–Crippen LogP) is 1.50. The zero-order valence-electron chi connectivity index (χ0n) is 7.26. The van der Waals surface area contributed by atoms with Crippen LogP contribution in [0.25, 0.3) is 10.9 Å². The molecule has 1 heterocycles. The molecule has 68 valence electrons. The molecule has 13 heavy (non-hydrogen) atoms. The topological polar surface area (TPSA) is 74.1 Å². The van der Waals surface area contributed by atoms with Crippen molar-refractivity contribution in [2.75, 3.05) is 18.1 Å². The Morgan fingerprint density at radius 1 is 1.46 bits per heavy atom. The lowest BCUT2D eigenvalue weighted by Gasteiger charge is -2.04. The summed E-state index contributed by atoms with van der Waals surface area (Å²) in [6, 6.07) is 3.63. The van der Waals surface area contributed by atoms with Crippen LogP contribution in [0, 0.1) is 0 Å². The number of aromatic amines is 1. The Bertz CT molecular complexity index is 447. The van der Waals surface area contributed by atoms with Crippen molar-refractivity contribution in [2.45, 2.75) is 0 Å². The summed E-state index contributed by atoms with van der Waals surface area (Å²) in [7, 11) is 1.80. The predicted molar refractivity (Wildman–Crippen MR) is 53.9 cm³/mol. The molecule has 0 radical (unpaired) electrons. The molecule has 1 aromatic heterocycles. The van der Waals surface area contributed by atoms with Crippen molar-refractivity contribution in [3.63, 3.8) is 0 Å². The minimum absolute atomic E-state index is 0.214. The van der Waals surface area contributed by atoms with E-state index in [-0.39, 0.29) is 5.75 Å². The van der Waals surface area contributed by atoms with Gasteiger partial charge < -0.3 is 21.1 Å². The SMILES string of the molecule is CNc1ccc(N)c2[nH]cc(O)c12. The highest BCUT2D eigenvalue weighted by Crippen LogP contribution is 2.34. The monoisotopic (exact) mass is 177 g/mol. The van der Waals surface area contributed by atoms with E-state index in [1.54, 1.807) is 13.1 Å². The van der Waals surface area contributed by atoms with Crippen molar-refractivity contribution in [1.82, 2.24) is 4.98 Å². The van der Waals surface area contributed by atoms with E-state index in [1.807, 2.05) is 6.07 Å². The summed E-state index contributed by atoms with van der Waals surface area (Å²) in [5.74, 6) is 0.214. The molecule has 2 rings (SSSR count). The van der Waals surface area contributed by atoms with Crippen LogP contribution in [-0.4, -0.2) is 17.1 Å². The molecule has 4 heteroatoms. The van der Waals surface area contributed by atoms with Crippen LogP contribution in [0.4, 0.5) is 11.4 Å². The number of aromatic nitrogens is 1. The Labute approximate surface area is 75.4 Å². The van der Waals surface area contributed by atoms with Crippen LogP contribution in [0.3, 0.4) is 0 Å². The van der Waals surface area contributed by atoms with Gasteiger partial charge in [-0.05, 0) is 12.1 Å². The van der Waals surface area contributed by atoms with Gasteiger partial charge in [-0.3, -0.25) is 0 Å². The Morgan fingerprint density at radius 3 is 2.92 bits per heavy atom. The van der Waals surface area contributed by atoms with E-state index in [4.69, 9.17) is 5.73 Å². The highest BCUT2D eigenvalue weighted by atomic mass is 16.3. The van der Waals surface area contributed by atoms with Gasteiger partial charge in [-0.2, -0.15) is 0 Å². The first-order chi connectivity index (χ1) is 6.24. The van der Waals surface area contributed by atoms with Gasteiger partial charge in [0.05, 0.1) is 16.6 Å². The van der Waals surface area contributed by atoms with Crippen molar-refractivity contribution in [3.8, 4) is 5.75 Å². The number of aromatic hydroxyl groups is 1. The van der Waals surface area contributed by atoms with Crippen molar-refractivity contribution in [3.05, 3.63) is 18.3 Å². The number of anilines is 2. The molecule has 0 saturated heterocycles. The van der Waals surface area contributed by atoms with E-state index >= 15 is 0 Å². The normalized spacial score (nSPS) is 10.5. The number of nitrogens with one attached hydrogen (secondary N) is 2. The number of H-pyrrole nitrogens is 1. The summed E-state index contributed by atoms with van der Waals surface area (Å²) >= 11 is 0. The second kappa shape index (κ2) is 2.58. The molecule has 0 aliphatic rings. The number of hydrogen-bond acceptors (Lipinski definition) is 3. The molecule has 0 aliphatic heterocycles. The molecule has 0 bridgehead atoms. The molecular formula is C9H11N3O. The van der Waals surface area contributed by atoms with Crippen molar-refractivity contribution in [1.29, 1.82) is 0 Å². The minimum Gasteiger partial charge on any atom is -0.506 e. The van der Waals surface area contributed by atoms with E-state index in [9.17, 15) is 5.11 Å². The second-order valence-electron chi connectivity index (χ2n) is 2.88. The largest absolute Gasteiger partial charge is 0.506 e. The second-order valence-corrected chi connectivity index (χ2v) is 2.88. The Balaban J connectivity index is 2.88. The average Bonchev–Trinajstić information content (AvgIpc) is 2.51. The summed E-state index contributed by atoms with van der Waals surface area (Å²) in [5, 5.41) is 13.2. The van der Waals surface area contributed by atoms with Gasteiger partial charge in [0, 0.05) is 18.9 Å². The van der Waals surface area contributed by atoms with Gasteiger partial charge in [0.25, 0.3) is 0 Å². The van der Waals surface area contributed by atoms with Crippen LogP contribution in [0.1, 0.15) is 0 Å². The van der Waals surface area contributed by atoms with Crippen molar-refractivity contribution < 1.29 is 5.11 Å². The lowest BCUT2D eigenvalue weighted by molar-refractivity contribution is 0.481. The van der Waals surface area contributed by atoms with Crippen LogP contribution in [-0.2, 0) is 0 Å². The maximum Gasteiger partial charge on any atom is 0.143 e. The lowest BCUT2D eigenvalue weighted by atomic mass is 10.2. The Kier molecular flexibility index (Phi) is 1.55. The molecule has 4 nitrogen and oxygen atoms in total. The van der Waals surface area contributed by atoms with Gasteiger partial charge in [-0.1, -0.05) is 0 Å². The zero-order chi connectivity index (χ0) is 9.42. The summed E-state index contributed by atoms with van der Waals surface area (Å²) in [6.45, 7) is 0. The zero-order valence-corrected chi connectivity index (χ0v) is 7.26. The van der Waals surface area contributed by atoms with E-state index in [0.717, 1.165) is 16.6 Å². The Morgan fingerprint density at radius 2 is 2.23 bits per heavy atom. The summed E-state index contributed by atoms with van der Waals surface area (Å²) < 4.78 is 0. The molecule has 0 aliphatic carbocycles. The number of nitrogen functional groups attached to an aromatic ring is 1. The number of benzene rings is 1. The molecule has 0 saturated carbocycles. The number of nitrogens with two attached hydrogens (primary N) is 1. The summed E-state index contributed by atoms with van der Waals surface area (Å²) in [4.78, 5) is 2.92. The third-order valence-corrected chi connectivity index (χ3v) is 2.12. The number of hydrogen-bond donors (Lipinski definition) is 4. The third kappa shape index (κ3) is 0.989. The molecule has 0 unspecified atom stereocenters. The molecule has 0 spiro atoms. The van der Waals surface area contributed by atoms with Crippen LogP contribution < -0.4 is 11.1 Å². The summed E-state index contributed by atoms with van der Waals surface area (Å²) in [6.07, 6.45) is 1.53. The summed E-state index contributed by atoms with van der Waals surface area (Å²) in [5.41, 5.74) is 7.99. The van der Waals surface area contributed by atoms with Crippen LogP contribution in [0.5, 0.6) is 5.75 Å². The van der Waals surface area contributed by atoms with Gasteiger partial charge in [0.1, 0.15) is 5.75 Å². The van der Waals surface area contributed by atoms with Gasteiger partial charge >= 0.3 is 0 Å². The Hall–Kier alpha value is -1.84. The van der Waals surface area contributed by atoms with E-state index in [1.165, 1.54) is 6.20 Å². The molecular weight excluding hydrogens is 166 g/mol. The first-order valence-electron chi connectivity index (χ1n) is 4.00. The van der Waals surface area contributed by atoms with Gasteiger partial charge in [0.15, 0.2) is 0 Å². The maximum atomic E-state index is 9.52. The fourth-order valence-electron chi connectivity index (χ4n) is 1.46. The highest BCUT2D eigenvalue weighted by molar-refractivity contribution is 6.02. The standard InChI is InChI=1S/C9H11N3O/c1-11-6-3-2-5(10)9-8(6)7(13)4-12-9/h2-4,11-13H,10H2,1H3. The molecule has 2 aromatic rings. The van der Waals surface area contributed by atoms with Gasteiger partial charge in [-0.25, -0.2) is 0 Å². The van der Waals surface area contributed by atoms with Crippen LogP contribution >= 0.6 is 0 Å². The van der Waals surface area contributed by atoms with Crippen molar-refractivity contribution >= 4 is 22.3 Å². The quantitative estimate of drug-likeness (QED) is 0.499. The number of rotatable bonds is 1. The first kappa shape index (κ1) is 7.79. The van der Waals surface area contributed by atoms with Gasteiger partial charge in [0.2, 0.25) is 0 Å². The fraction of sp³-hybridized carbons (Fsp3) is 0.111. The third-order valence-electron chi connectivity index (χ3n) is 2.12. The van der Waals surface area contributed by atoms with E-state index in [0.29, 0.717) is 5.69 Å². The van der Waals surface area contributed by atoms with Crippen LogP contribution in [0.15, 0.2) is 18.3 Å². The van der Waals surface area contributed by atoms with Gasteiger partial charge in [-0.15, -0.1) is 0 Å².